The second-order valence-corrected chi connectivity index (χ2v) is 6.42. The van der Waals surface area contributed by atoms with E-state index in [0.717, 1.165) is 0 Å². The molecule has 1 aromatic heterocycles. The smallest absolute Gasteiger partial charge is 0.308 e. The molecular weight excluding hydrogens is 408 g/mol. The predicted molar refractivity (Wildman–Crippen MR) is 108 cm³/mol. The zero-order valence-electron chi connectivity index (χ0n) is 17.1. The van der Waals surface area contributed by atoms with E-state index in [1.165, 1.54) is 64.5 Å². The van der Waals surface area contributed by atoms with Gasteiger partial charge in [-0.1, -0.05) is 0 Å². The van der Waals surface area contributed by atoms with Gasteiger partial charge in [0.1, 0.15) is 23.3 Å². The highest BCUT2D eigenvalue weighted by atomic mass is 16.6. The Morgan fingerprint density at radius 1 is 0.774 bits per heavy atom. The molecule has 0 aliphatic heterocycles. The molecule has 0 amide bonds. The summed E-state index contributed by atoms with van der Waals surface area (Å²) in [6.07, 6.45) is 1.21. The number of ether oxygens (including phenoxy) is 4. The summed E-state index contributed by atoms with van der Waals surface area (Å²) < 4.78 is 26.1. The van der Waals surface area contributed by atoms with E-state index in [0.29, 0.717) is 0 Å². The highest BCUT2D eigenvalue weighted by molar-refractivity contribution is 5.86. The van der Waals surface area contributed by atoms with Gasteiger partial charge in [-0.2, -0.15) is 0 Å². The monoisotopic (exact) mass is 426 g/mol. The van der Waals surface area contributed by atoms with Gasteiger partial charge in [0.25, 0.3) is 0 Å². The molecule has 0 aliphatic rings. The highest BCUT2D eigenvalue weighted by Crippen LogP contribution is 2.40. The normalized spacial score (nSPS) is 10.5. The number of hydrogen-bond acceptors (Lipinski definition) is 9. The summed E-state index contributed by atoms with van der Waals surface area (Å²) in [5.41, 5.74) is 0.188. The van der Waals surface area contributed by atoms with Gasteiger partial charge in [-0.15, -0.1) is 0 Å². The SMILES string of the molecule is COc1cc(OC(C)=O)c(OC(C)=O)cc1-c1coc2cc(OC(C)=O)ccc2c1=O. The fourth-order valence-corrected chi connectivity index (χ4v) is 2.91. The van der Waals surface area contributed by atoms with E-state index in [1.807, 2.05) is 0 Å². The molecule has 0 saturated carbocycles. The molecule has 0 fully saturated rings. The summed E-state index contributed by atoms with van der Waals surface area (Å²) in [4.78, 5) is 47.1. The zero-order valence-corrected chi connectivity index (χ0v) is 17.1. The van der Waals surface area contributed by atoms with E-state index in [2.05, 4.69) is 0 Å². The Balaban J connectivity index is 2.19. The molecule has 0 atom stereocenters. The summed E-state index contributed by atoms with van der Waals surface area (Å²) in [5, 5.41) is 0.230. The first-order chi connectivity index (χ1) is 14.7. The quantitative estimate of drug-likeness (QED) is 0.447. The van der Waals surface area contributed by atoms with Crippen molar-refractivity contribution in [3.8, 4) is 34.1 Å². The van der Waals surface area contributed by atoms with Crippen LogP contribution in [0.1, 0.15) is 20.8 Å². The Morgan fingerprint density at radius 3 is 1.97 bits per heavy atom. The number of hydrogen-bond donors (Lipinski definition) is 0. The average Bonchev–Trinajstić information content (AvgIpc) is 2.68. The van der Waals surface area contributed by atoms with Crippen molar-refractivity contribution >= 4 is 28.9 Å². The number of carbonyl (C=O) groups is 3. The minimum atomic E-state index is -0.645. The maximum atomic E-state index is 13.1. The van der Waals surface area contributed by atoms with Gasteiger partial charge in [-0.05, 0) is 18.2 Å². The van der Waals surface area contributed by atoms with Crippen LogP contribution >= 0.6 is 0 Å². The van der Waals surface area contributed by atoms with E-state index in [4.69, 9.17) is 23.4 Å². The third-order valence-electron chi connectivity index (χ3n) is 4.07. The van der Waals surface area contributed by atoms with Gasteiger partial charge in [0.2, 0.25) is 5.43 Å². The maximum Gasteiger partial charge on any atom is 0.308 e. The Bertz CT molecular complexity index is 1250. The molecule has 3 rings (SSSR count). The van der Waals surface area contributed by atoms with Crippen molar-refractivity contribution in [1.29, 1.82) is 0 Å². The molecule has 0 aliphatic carbocycles. The first kappa shape index (κ1) is 21.6. The molecule has 3 aromatic rings. The molecule has 1 heterocycles. The van der Waals surface area contributed by atoms with Crippen molar-refractivity contribution in [2.24, 2.45) is 0 Å². The van der Waals surface area contributed by atoms with E-state index in [9.17, 15) is 19.2 Å². The number of rotatable bonds is 5. The molecule has 0 spiro atoms. The van der Waals surface area contributed by atoms with Crippen LogP contribution in [0.25, 0.3) is 22.1 Å². The summed E-state index contributed by atoms with van der Waals surface area (Å²) in [6, 6.07) is 7.05. The average molecular weight is 426 g/mol. The first-order valence-electron chi connectivity index (χ1n) is 9.02. The van der Waals surface area contributed by atoms with Crippen molar-refractivity contribution < 1.29 is 37.7 Å². The molecule has 160 valence electrons. The van der Waals surface area contributed by atoms with Crippen molar-refractivity contribution in [3.63, 3.8) is 0 Å². The van der Waals surface area contributed by atoms with Crippen LogP contribution in [0.4, 0.5) is 0 Å². The second-order valence-electron chi connectivity index (χ2n) is 6.42. The lowest BCUT2D eigenvalue weighted by Gasteiger charge is -2.14. The number of fused-ring (bicyclic) bond motifs is 1. The highest BCUT2D eigenvalue weighted by Gasteiger charge is 2.20. The van der Waals surface area contributed by atoms with Crippen LogP contribution in [0.3, 0.4) is 0 Å². The van der Waals surface area contributed by atoms with Crippen molar-refractivity contribution in [3.05, 3.63) is 46.8 Å². The number of esters is 3. The van der Waals surface area contributed by atoms with Crippen molar-refractivity contribution in [2.75, 3.05) is 7.11 Å². The largest absolute Gasteiger partial charge is 0.496 e. The molecular formula is C22H18O9. The molecule has 0 unspecified atom stereocenters. The lowest BCUT2D eigenvalue weighted by Crippen LogP contribution is -2.10. The van der Waals surface area contributed by atoms with E-state index in [-0.39, 0.29) is 45.1 Å². The van der Waals surface area contributed by atoms with Crippen molar-refractivity contribution in [2.45, 2.75) is 20.8 Å². The Hall–Kier alpha value is -4.14. The Morgan fingerprint density at radius 2 is 1.39 bits per heavy atom. The molecule has 0 bridgehead atoms. The van der Waals surface area contributed by atoms with E-state index in [1.54, 1.807) is 0 Å². The Labute approximate surface area is 176 Å². The van der Waals surface area contributed by atoms with Crippen LogP contribution in [-0.4, -0.2) is 25.0 Å². The van der Waals surface area contributed by atoms with Crippen LogP contribution in [0.5, 0.6) is 23.0 Å². The standard InChI is InChI=1S/C22H18O9/c1-11(23)29-14-5-6-15-19(7-14)28-10-17(22(15)26)16-8-20(30-12(2)24)21(31-13(3)25)9-18(16)27-4/h5-10H,1-4H3. The second kappa shape index (κ2) is 8.70. The number of benzene rings is 2. The molecule has 2 aromatic carbocycles. The molecule has 0 saturated heterocycles. The van der Waals surface area contributed by atoms with Gasteiger partial charge < -0.3 is 23.4 Å². The van der Waals surface area contributed by atoms with Crippen LogP contribution in [0.15, 0.2) is 45.8 Å². The van der Waals surface area contributed by atoms with Gasteiger partial charge in [0.05, 0.1) is 18.1 Å². The predicted octanol–water partition coefficient (Wildman–Crippen LogP) is 3.24. The van der Waals surface area contributed by atoms with Gasteiger partial charge >= 0.3 is 17.9 Å². The Kier molecular flexibility index (Phi) is 6.05. The van der Waals surface area contributed by atoms with Crippen molar-refractivity contribution in [1.82, 2.24) is 0 Å². The third kappa shape index (κ3) is 4.72. The van der Waals surface area contributed by atoms with E-state index < -0.39 is 23.3 Å². The summed E-state index contributed by atoms with van der Waals surface area (Å²) in [6.45, 7) is 3.64. The van der Waals surface area contributed by atoms with Gasteiger partial charge in [0.15, 0.2) is 11.5 Å². The zero-order chi connectivity index (χ0) is 22.7. The summed E-state index contributed by atoms with van der Waals surface area (Å²) in [5.74, 6) is -1.46. The molecule has 9 heteroatoms. The van der Waals surface area contributed by atoms with Crippen LogP contribution in [-0.2, 0) is 14.4 Å². The molecule has 0 radical (unpaired) electrons. The number of methoxy groups -OCH3 is 1. The van der Waals surface area contributed by atoms with Gasteiger partial charge in [0, 0.05) is 38.5 Å². The molecule has 31 heavy (non-hydrogen) atoms. The maximum absolute atomic E-state index is 13.1. The minimum absolute atomic E-state index is 0.0421. The first-order valence-corrected chi connectivity index (χ1v) is 9.02. The van der Waals surface area contributed by atoms with Gasteiger partial charge in [-0.3, -0.25) is 19.2 Å². The minimum Gasteiger partial charge on any atom is -0.496 e. The summed E-state index contributed by atoms with van der Waals surface area (Å²) >= 11 is 0. The fraction of sp³-hybridized carbons (Fsp3) is 0.182. The lowest BCUT2D eigenvalue weighted by atomic mass is 10.0. The van der Waals surface area contributed by atoms with Gasteiger partial charge in [-0.25, -0.2) is 0 Å². The third-order valence-corrected chi connectivity index (χ3v) is 4.07. The number of carbonyl (C=O) groups excluding carboxylic acids is 3. The van der Waals surface area contributed by atoms with E-state index >= 15 is 0 Å². The van der Waals surface area contributed by atoms with Crippen LogP contribution in [0, 0.1) is 0 Å². The molecule has 9 nitrogen and oxygen atoms in total. The summed E-state index contributed by atoms with van der Waals surface area (Å²) in [7, 11) is 1.37. The van der Waals surface area contributed by atoms with Crippen LogP contribution < -0.4 is 24.4 Å². The fourth-order valence-electron chi connectivity index (χ4n) is 2.91. The topological polar surface area (TPSA) is 118 Å². The lowest BCUT2D eigenvalue weighted by molar-refractivity contribution is -0.134. The molecule has 0 N–H and O–H groups in total. The van der Waals surface area contributed by atoms with Crippen LogP contribution in [0.2, 0.25) is 0 Å².